The number of benzene rings is 1. The lowest BCUT2D eigenvalue weighted by Crippen LogP contribution is -2.38. The third-order valence-corrected chi connectivity index (χ3v) is 4.55. The molecular weight excluding hydrogens is 458 g/mol. The topological polar surface area (TPSA) is 67.1 Å². The van der Waals surface area contributed by atoms with Crippen LogP contribution in [0.5, 0.6) is 0 Å². The van der Waals surface area contributed by atoms with Crippen LogP contribution in [0.1, 0.15) is 43.4 Å². The van der Waals surface area contributed by atoms with E-state index in [1.54, 1.807) is 6.07 Å². The Morgan fingerprint density at radius 1 is 1.19 bits per heavy atom. The van der Waals surface area contributed by atoms with Crippen molar-refractivity contribution < 1.29 is 4.39 Å². The van der Waals surface area contributed by atoms with Gasteiger partial charge in [0.1, 0.15) is 18.2 Å². The molecule has 8 heteroatoms. The fourth-order valence-corrected chi connectivity index (χ4v) is 3.17. The standard InChI is InChI=1S/C19H27FN6.HI/c1-2-21-19(22-12-11-15-8-5-6-9-16(15)20)23-14-18-25-24-17-10-4-3-7-13-26(17)18;/h5-6,8-9H,2-4,7,10-14H2,1H3,(H2,21,22,23);1H. The average molecular weight is 486 g/mol. The predicted octanol–water partition coefficient (Wildman–Crippen LogP) is 3.06. The molecule has 0 atom stereocenters. The van der Waals surface area contributed by atoms with Gasteiger partial charge in [0.05, 0.1) is 0 Å². The second-order valence-corrected chi connectivity index (χ2v) is 6.46. The van der Waals surface area contributed by atoms with Crippen molar-refractivity contribution >= 4 is 29.9 Å². The summed E-state index contributed by atoms with van der Waals surface area (Å²) >= 11 is 0. The molecule has 2 aromatic rings. The highest BCUT2D eigenvalue weighted by molar-refractivity contribution is 14.0. The molecule has 0 unspecified atom stereocenters. The zero-order valence-electron chi connectivity index (χ0n) is 15.7. The minimum Gasteiger partial charge on any atom is -0.357 e. The third-order valence-electron chi connectivity index (χ3n) is 4.55. The molecule has 0 saturated carbocycles. The SMILES string of the molecule is CCNC(=NCc1nnc2n1CCCCC2)NCCc1ccccc1F.I. The molecule has 0 saturated heterocycles. The molecule has 0 amide bonds. The molecule has 0 fully saturated rings. The molecule has 148 valence electrons. The van der Waals surface area contributed by atoms with Crippen LogP contribution in [0.3, 0.4) is 0 Å². The summed E-state index contributed by atoms with van der Waals surface area (Å²) in [7, 11) is 0. The van der Waals surface area contributed by atoms with Crippen LogP contribution < -0.4 is 10.6 Å². The van der Waals surface area contributed by atoms with E-state index in [1.165, 1.54) is 25.3 Å². The summed E-state index contributed by atoms with van der Waals surface area (Å²) in [5.74, 6) is 2.54. The van der Waals surface area contributed by atoms with Crippen molar-refractivity contribution in [2.45, 2.75) is 52.1 Å². The number of hydrogen-bond donors (Lipinski definition) is 2. The number of nitrogens with zero attached hydrogens (tertiary/aromatic N) is 4. The number of fused-ring (bicyclic) bond motifs is 1. The number of aryl methyl sites for hydroxylation is 1. The van der Waals surface area contributed by atoms with Crippen LogP contribution >= 0.6 is 24.0 Å². The highest BCUT2D eigenvalue weighted by Crippen LogP contribution is 2.14. The summed E-state index contributed by atoms with van der Waals surface area (Å²) in [6.07, 6.45) is 5.20. The number of aromatic nitrogens is 3. The lowest BCUT2D eigenvalue weighted by atomic mass is 10.1. The van der Waals surface area contributed by atoms with Gasteiger partial charge >= 0.3 is 0 Å². The van der Waals surface area contributed by atoms with Gasteiger partial charge in [-0.3, -0.25) is 0 Å². The fourth-order valence-electron chi connectivity index (χ4n) is 3.17. The van der Waals surface area contributed by atoms with Gasteiger partial charge < -0.3 is 15.2 Å². The molecule has 0 radical (unpaired) electrons. The van der Waals surface area contributed by atoms with Gasteiger partial charge in [0.15, 0.2) is 11.8 Å². The smallest absolute Gasteiger partial charge is 0.191 e. The largest absolute Gasteiger partial charge is 0.357 e. The number of halogens is 2. The molecule has 2 N–H and O–H groups in total. The van der Waals surface area contributed by atoms with Crippen LogP contribution in [-0.4, -0.2) is 33.8 Å². The highest BCUT2D eigenvalue weighted by Gasteiger charge is 2.14. The lowest BCUT2D eigenvalue weighted by molar-refractivity contribution is 0.603. The summed E-state index contributed by atoms with van der Waals surface area (Å²) < 4.78 is 15.9. The fraction of sp³-hybridized carbons (Fsp3) is 0.526. The van der Waals surface area contributed by atoms with E-state index in [9.17, 15) is 4.39 Å². The van der Waals surface area contributed by atoms with Gasteiger partial charge in [-0.1, -0.05) is 24.6 Å². The molecule has 0 aliphatic carbocycles. The summed E-state index contributed by atoms with van der Waals surface area (Å²) in [5, 5.41) is 15.1. The van der Waals surface area contributed by atoms with E-state index in [4.69, 9.17) is 0 Å². The molecular formula is C19H28FIN6. The lowest BCUT2D eigenvalue weighted by Gasteiger charge is -2.12. The summed E-state index contributed by atoms with van der Waals surface area (Å²) in [6.45, 7) is 4.87. The predicted molar refractivity (Wildman–Crippen MR) is 116 cm³/mol. The molecule has 1 aromatic heterocycles. The molecule has 1 aliphatic rings. The second-order valence-electron chi connectivity index (χ2n) is 6.46. The van der Waals surface area contributed by atoms with Crippen molar-refractivity contribution in [1.82, 2.24) is 25.4 Å². The van der Waals surface area contributed by atoms with Gasteiger partial charge in [-0.25, -0.2) is 9.38 Å². The first kappa shape index (κ1) is 21.6. The maximum atomic E-state index is 13.7. The molecule has 3 rings (SSSR count). The number of rotatable bonds is 6. The summed E-state index contributed by atoms with van der Waals surface area (Å²) in [6, 6.07) is 6.87. The van der Waals surface area contributed by atoms with E-state index >= 15 is 0 Å². The van der Waals surface area contributed by atoms with Crippen molar-refractivity contribution in [2.24, 2.45) is 4.99 Å². The van der Waals surface area contributed by atoms with Crippen LogP contribution in [0.15, 0.2) is 29.3 Å². The maximum Gasteiger partial charge on any atom is 0.191 e. The molecule has 1 aromatic carbocycles. The number of aliphatic imine (C=N–C) groups is 1. The van der Waals surface area contributed by atoms with Gasteiger partial charge in [-0.05, 0) is 37.8 Å². The van der Waals surface area contributed by atoms with Crippen molar-refractivity contribution in [2.75, 3.05) is 13.1 Å². The maximum absolute atomic E-state index is 13.7. The minimum absolute atomic E-state index is 0. The normalized spacial score (nSPS) is 14.1. The molecule has 1 aliphatic heterocycles. The Morgan fingerprint density at radius 3 is 2.85 bits per heavy atom. The quantitative estimate of drug-likeness (QED) is 0.374. The highest BCUT2D eigenvalue weighted by atomic mass is 127. The Kier molecular flexibility index (Phi) is 8.96. The second kappa shape index (κ2) is 11.2. The van der Waals surface area contributed by atoms with E-state index in [0.717, 1.165) is 37.1 Å². The van der Waals surface area contributed by atoms with Crippen LogP contribution in [-0.2, 0) is 25.9 Å². The minimum atomic E-state index is -0.164. The van der Waals surface area contributed by atoms with E-state index in [-0.39, 0.29) is 29.8 Å². The van der Waals surface area contributed by atoms with Crippen LogP contribution in [0.2, 0.25) is 0 Å². The Balaban J connectivity index is 0.00000261. The number of guanidine groups is 1. The Bertz CT molecular complexity index is 746. The summed E-state index contributed by atoms with van der Waals surface area (Å²) in [5.41, 5.74) is 0.707. The summed E-state index contributed by atoms with van der Waals surface area (Å²) in [4.78, 5) is 4.63. The van der Waals surface area contributed by atoms with E-state index in [0.29, 0.717) is 25.1 Å². The van der Waals surface area contributed by atoms with E-state index in [1.807, 2.05) is 19.1 Å². The first-order chi connectivity index (χ1) is 12.8. The molecule has 27 heavy (non-hydrogen) atoms. The average Bonchev–Trinajstić information content (AvgIpc) is 2.87. The van der Waals surface area contributed by atoms with Gasteiger partial charge in [0.25, 0.3) is 0 Å². The van der Waals surface area contributed by atoms with E-state index in [2.05, 4.69) is 30.4 Å². The molecule has 6 nitrogen and oxygen atoms in total. The molecule has 0 bridgehead atoms. The molecule has 2 heterocycles. The van der Waals surface area contributed by atoms with Crippen molar-refractivity contribution in [3.63, 3.8) is 0 Å². The van der Waals surface area contributed by atoms with Gasteiger partial charge in [-0.15, -0.1) is 34.2 Å². The van der Waals surface area contributed by atoms with Crippen molar-refractivity contribution in [1.29, 1.82) is 0 Å². The number of hydrogen-bond acceptors (Lipinski definition) is 3. The van der Waals surface area contributed by atoms with Crippen LogP contribution in [0, 0.1) is 5.82 Å². The van der Waals surface area contributed by atoms with Crippen LogP contribution in [0.4, 0.5) is 4.39 Å². The Morgan fingerprint density at radius 2 is 2.04 bits per heavy atom. The third kappa shape index (κ3) is 6.15. The van der Waals surface area contributed by atoms with Gasteiger partial charge in [0, 0.05) is 26.1 Å². The Labute approximate surface area is 177 Å². The van der Waals surface area contributed by atoms with Gasteiger partial charge in [-0.2, -0.15) is 0 Å². The molecule has 0 spiro atoms. The van der Waals surface area contributed by atoms with Crippen molar-refractivity contribution in [3.8, 4) is 0 Å². The zero-order chi connectivity index (χ0) is 18.2. The number of nitrogens with one attached hydrogen (secondary N) is 2. The van der Waals surface area contributed by atoms with Gasteiger partial charge in [0.2, 0.25) is 0 Å². The zero-order valence-corrected chi connectivity index (χ0v) is 18.1. The van der Waals surface area contributed by atoms with Crippen molar-refractivity contribution in [3.05, 3.63) is 47.3 Å². The first-order valence-corrected chi connectivity index (χ1v) is 9.44. The monoisotopic (exact) mass is 486 g/mol. The van der Waals surface area contributed by atoms with Crippen LogP contribution in [0.25, 0.3) is 0 Å². The Hall–Kier alpha value is -1.71. The first-order valence-electron chi connectivity index (χ1n) is 9.44. The van der Waals surface area contributed by atoms with E-state index < -0.39 is 0 Å².